The first-order valence-corrected chi connectivity index (χ1v) is 30.2. The van der Waals surface area contributed by atoms with Crippen LogP contribution in [0.15, 0.2) is 205 Å². The van der Waals surface area contributed by atoms with E-state index in [1.54, 1.807) is 0 Å². The van der Waals surface area contributed by atoms with E-state index < -0.39 is 0 Å². The molecule has 4 aliphatic heterocycles. The van der Waals surface area contributed by atoms with Gasteiger partial charge in [-0.25, -0.2) is 0 Å². The van der Waals surface area contributed by atoms with Crippen molar-refractivity contribution in [3.8, 4) is 56.4 Å². The Kier molecular flexibility index (Phi) is 20.9. The molecular weight excluding hydrogens is 1440 g/mol. The zero-order valence-electron chi connectivity index (χ0n) is 52.2. The summed E-state index contributed by atoms with van der Waals surface area (Å²) in [6.45, 7) is 30.6. The fraction of sp³-hybridized carbons (Fsp3) is 0.237. The van der Waals surface area contributed by atoms with Gasteiger partial charge in [0.25, 0.3) is 0 Å². The second-order valence-corrected chi connectivity index (χ2v) is 23.7. The smallest absolute Gasteiger partial charge is 0.476 e. The summed E-state index contributed by atoms with van der Waals surface area (Å²) < 4.78 is 4.44. The number of para-hydroxylation sites is 4. The summed E-state index contributed by atoms with van der Waals surface area (Å²) in [4.78, 5) is 13.5. The second-order valence-electron chi connectivity index (χ2n) is 23.7. The molecule has 88 heavy (non-hydrogen) atoms. The fourth-order valence-corrected chi connectivity index (χ4v) is 11.4. The number of nitrogens with zero attached hydrogens (tertiary/aromatic N) is 10. The van der Waals surface area contributed by atoms with E-state index in [2.05, 4.69) is 271 Å². The van der Waals surface area contributed by atoms with E-state index in [0.717, 1.165) is 45.8 Å². The molecule has 0 atom stereocenters. The van der Waals surface area contributed by atoms with Gasteiger partial charge < -0.3 is 29.0 Å². The van der Waals surface area contributed by atoms with E-state index in [0.29, 0.717) is 35.8 Å². The number of rotatable bonds is 10. The van der Waals surface area contributed by atoms with Gasteiger partial charge in [0.2, 0.25) is 0 Å². The minimum absolute atomic E-state index is 0. The predicted molar refractivity (Wildman–Crippen MR) is 354 cm³/mol. The van der Waals surface area contributed by atoms with Crippen LogP contribution in [-0.2, 0) is 40.2 Å². The molecule has 8 aromatic carbocycles. The molecule has 10 aromatic rings. The van der Waals surface area contributed by atoms with Crippen LogP contribution in [0.2, 0.25) is 0 Å². The third kappa shape index (κ3) is 13.1. The van der Waals surface area contributed by atoms with Crippen molar-refractivity contribution in [1.29, 1.82) is 0 Å². The van der Waals surface area contributed by atoms with Crippen molar-refractivity contribution in [2.75, 3.05) is 9.80 Å². The largest absolute Gasteiger partial charge is 3.00 e. The molecule has 0 bridgehead atoms. The molecule has 10 nitrogen and oxygen atoms in total. The molecule has 0 amide bonds. The molecule has 0 unspecified atom stereocenters. The maximum atomic E-state index is 4.75. The Bertz CT molecular complexity index is 3710. The maximum absolute atomic E-state index is 4.75. The zero-order chi connectivity index (χ0) is 60.2. The normalized spacial score (nSPS) is 13.2. The molecule has 6 heterocycles. The van der Waals surface area contributed by atoms with Crippen molar-refractivity contribution in [2.45, 2.75) is 119 Å². The van der Waals surface area contributed by atoms with Gasteiger partial charge in [-0.05, 0) is 73.6 Å². The number of hydrogen-bond donors (Lipinski definition) is 0. The van der Waals surface area contributed by atoms with Crippen molar-refractivity contribution in [1.82, 2.24) is 29.1 Å². The Morgan fingerprint density at radius 2 is 0.682 bits per heavy atom. The van der Waals surface area contributed by atoms with Crippen LogP contribution in [0, 0.1) is 37.6 Å². The Morgan fingerprint density at radius 3 is 1.01 bits per heavy atom. The van der Waals surface area contributed by atoms with E-state index in [9.17, 15) is 0 Å². The van der Waals surface area contributed by atoms with Crippen molar-refractivity contribution in [3.63, 3.8) is 0 Å². The first-order valence-electron chi connectivity index (χ1n) is 30.2. The Hall–Kier alpha value is -7.98. The van der Waals surface area contributed by atoms with Gasteiger partial charge in [-0.3, -0.25) is 9.97 Å². The standard InChI is InChI=1S/2C21H23N2.2C17H15N3.2Ir/c2*1-15(2)18-11-8-12-19(16(3)4)20(18)23-14-13-22-21(23)17-9-6-5-7-10-17;2*1-12(2)20-11-19-16-10-6-5-8-14(16)13-7-3-4-9-15(13)17(19)18-20;;/h2*5-9,11-16H,1-4H3;2*3-9,11-12H,1-2H3;;/q2*-1;2*-2;2*+3. The summed E-state index contributed by atoms with van der Waals surface area (Å²) in [7, 11) is 0. The van der Waals surface area contributed by atoms with Crippen LogP contribution < -0.4 is 9.80 Å². The van der Waals surface area contributed by atoms with E-state index in [-0.39, 0.29) is 40.2 Å². The molecule has 12 heteroatoms. The van der Waals surface area contributed by atoms with E-state index >= 15 is 0 Å². The number of amidine groups is 2. The van der Waals surface area contributed by atoms with Gasteiger partial charge in [-0.2, -0.15) is 58.7 Å². The van der Waals surface area contributed by atoms with E-state index in [1.807, 2.05) is 83.1 Å². The quantitative estimate of drug-likeness (QED) is 0.127. The summed E-state index contributed by atoms with van der Waals surface area (Å²) in [6.07, 6.45) is 7.86. The molecule has 14 rings (SSSR count). The van der Waals surface area contributed by atoms with Crippen LogP contribution in [0.5, 0.6) is 0 Å². The number of hydrogen-bond acceptors (Lipinski definition) is 8. The topological polar surface area (TPSA) is 73.3 Å². The van der Waals surface area contributed by atoms with Crippen molar-refractivity contribution in [3.05, 3.63) is 266 Å². The van der Waals surface area contributed by atoms with Crippen LogP contribution in [-0.4, -0.2) is 52.9 Å². The molecule has 0 saturated carbocycles. The average Bonchev–Trinajstić information content (AvgIpc) is 1.69. The SMILES string of the molecule is CC(C)N1[CH-]N2C(=N1)c1ccccc1-c1ccc[c-]c12.CC(C)N1[CH-]N2C(=N1)c1ccccc1-c1ccc[c-]c12.CC(C)c1cccc(C(C)C)c1-n1ccnc1-c1[c-]cccc1.CC(C)c1cccc(C(C)C)c1-n1ccnc1-c1[c-]cccc1.[Ir+3].[Ir+3]. The van der Waals surface area contributed by atoms with Crippen molar-refractivity contribution in [2.24, 2.45) is 10.2 Å². The van der Waals surface area contributed by atoms with Gasteiger partial charge in [0.05, 0.1) is 11.6 Å². The molecule has 0 aliphatic carbocycles. The average molecular weight is 1510 g/mol. The first kappa shape index (κ1) is 64.5. The minimum Gasteiger partial charge on any atom is -0.476 e. The number of benzene rings is 8. The van der Waals surface area contributed by atoms with Gasteiger partial charge in [-0.1, -0.05) is 163 Å². The van der Waals surface area contributed by atoms with Crippen LogP contribution in [0.25, 0.3) is 56.4 Å². The predicted octanol–water partition coefficient (Wildman–Crippen LogP) is 18.1. The number of anilines is 2. The zero-order valence-corrected chi connectivity index (χ0v) is 57.0. The van der Waals surface area contributed by atoms with E-state index in [4.69, 9.17) is 10.2 Å². The summed E-state index contributed by atoms with van der Waals surface area (Å²) in [5.41, 5.74) is 19.4. The Balaban J connectivity index is 0.000000139. The van der Waals surface area contributed by atoms with Gasteiger partial charge in [0.1, 0.15) is 11.7 Å². The summed E-state index contributed by atoms with van der Waals surface area (Å²) >= 11 is 0. The first-order chi connectivity index (χ1) is 41.7. The number of imidazole rings is 2. The monoisotopic (exact) mass is 1510 g/mol. The minimum atomic E-state index is 0. The summed E-state index contributed by atoms with van der Waals surface area (Å²) in [5.74, 6) is 5.70. The molecule has 2 aromatic heterocycles. The van der Waals surface area contributed by atoms with Gasteiger partial charge in [0, 0.05) is 59.4 Å². The maximum Gasteiger partial charge on any atom is 3.00 e. The molecule has 0 saturated heterocycles. The molecule has 0 N–H and O–H groups in total. The van der Waals surface area contributed by atoms with Crippen LogP contribution in [0.3, 0.4) is 0 Å². The number of hydrazone groups is 2. The van der Waals surface area contributed by atoms with Gasteiger partial charge >= 0.3 is 40.2 Å². The summed E-state index contributed by atoms with van der Waals surface area (Å²) in [6, 6.07) is 72.4. The van der Waals surface area contributed by atoms with Gasteiger partial charge in [0.15, 0.2) is 0 Å². The molecule has 0 spiro atoms. The van der Waals surface area contributed by atoms with Crippen molar-refractivity contribution < 1.29 is 40.2 Å². The second kappa shape index (κ2) is 28.5. The Labute approximate surface area is 549 Å². The fourth-order valence-electron chi connectivity index (χ4n) is 11.4. The molecular formula is C76H76Ir2N10. The molecule has 0 fully saturated rings. The Morgan fingerprint density at radius 1 is 0.352 bits per heavy atom. The van der Waals surface area contributed by atoms with Crippen LogP contribution >= 0.6 is 0 Å². The molecule has 448 valence electrons. The van der Waals surface area contributed by atoms with Crippen LogP contribution in [0.4, 0.5) is 11.4 Å². The number of fused-ring (bicyclic) bond motifs is 12. The van der Waals surface area contributed by atoms with Crippen LogP contribution in [0.1, 0.15) is 140 Å². The molecule has 4 aliphatic rings. The van der Waals surface area contributed by atoms with E-state index in [1.165, 1.54) is 67.0 Å². The van der Waals surface area contributed by atoms with Crippen molar-refractivity contribution >= 4 is 23.0 Å². The summed E-state index contributed by atoms with van der Waals surface area (Å²) in [5, 5.41) is 13.5. The van der Waals surface area contributed by atoms with Gasteiger partial charge in [-0.15, -0.1) is 96.3 Å². The number of aromatic nitrogens is 4. The molecule has 0 radical (unpaired) electrons. The third-order valence-electron chi connectivity index (χ3n) is 15.8. The third-order valence-corrected chi connectivity index (χ3v) is 15.8.